The molecule has 27 heavy (non-hydrogen) atoms. The van der Waals surface area contributed by atoms with E-state index in [1.54, 1.807) is 30.3 Å². The molecular weight excluding hydrogens is 378 g/mol. The number of likely N-dealkylation sites (tertiary alicyclic amines) is 1. The van der Waals surface area contributed by atoms with Gasteiger partial charge in [0, 0.05) is 30.9 Å². The molecule has 0 aromatic carbocycles. The summed E-state index contributed by atoms with van der Waals surface area (Å²) >= 11 is 3.11. The van der Waals surface area contributed by atoms with Gasteiger partial charge < -0.3 is 10.6 Å². The van der Waals surface area contributed by atoms with E-state index in [1.165, 1.54) is 22.6 Å². The Bertz CT molecular complexity index is 993. The van der Waals surface area contributed by atoms with Crippen molar-refractivity contribution in [3.8, 4) is 0 Å². The van der Waals surface area contributed by atoms with E-state index in [0.717, 1.165) is 41.1 Å². The van der Waals surface area contributed by atoms with Gasteiger partial charge in [-0.2, -0.15) is 0 Å². The number of rotatable bonds is 4. The van der Waals surface area contributed by atoms with E-state index in [4.69, 9.17) is 10.7 Å². The second-order valence-electron chi connectivity index (χ2n) is 7.12. The number of nitrogens with zero attached hydrogens (tertiary/aromatic N) is 4. The Hall–Kier alpha value is -2.03. The first-order valence-corrected chi connectivity index (χ1v) is 10.7. The molecule has 3 aromatic rings. The molecule has 1 fully saturated rings. The van der Waals surface area contributed by atoms with E-state index in [2.05, 4.69) is 22.9 Å². The fourth-order valence-electron chi connectivity index (χ4n) is 3.57. The Labute approximate surface area is 166 Å². The Morgan fingerprint density at radius 1 is 1.41 bits per heavy atom. The maximum atomic E-state index is 12.4. The number of aromatic nitrogens is 2. The first-order chi connectivity index (χ1) is 13.0. The molecule has 0 saturated carbocycles. The quantitative estimate of drug-likeness (QED) is 0.722. The van der Waals surface area contributed by atoms with Crippen molar-refractivity contribution in [1.29, 1.82) is 0 Å². The van der Waals surface area contributed by atoms with Crippen molar-refractivity contribution in [2.24, 2.45) is 0 Å². The topological polar surface area (TPSA) is 75.4 Å². The number of hydrogen-bond donors (Lipinski definition) is 1. The Kier molecular flexibility index (Phi) is 4.88. The number of thiazole rings is 1. The number of pyridine rings is 1. The number of carbonyl (C=O) groups is 1. The summed E-state index contributed by atoms with van der Waals surface area (Å²) in [4.78, 5) is 28.4. The summed E-state index contributed by atoms with van der Waals surface area (Å²) in [6.07, 6.45) is 2.26. The molecule has 0 radical (unpaired) electrons. The molecule has 1 aliphatic heterocycles. The molecule has 142 valence electrons. The standard InChI is InChI=1S/C19H23N5OS2/c1-11-15(26-10-21-11)9-24-8-4-5-14(24)13-7-6-12-16(20)17(19(25)23(2)3)27-18(12)22-13/h6-7,10,14H,4-5,8-9,20H2,1-3H3/t14-/m1/s1. The van der Waals surface area contributed by atoms with Gasteiger partial charge in [0.1, 0.15) is 9.71 Å². The summed E-state index contributed by atoms with van der Waals surface area (Å²) in [6, 6.07) is 4.38. The van der Waals surface area contributed by atoms with Crippen LogP contribution in [0.2, 0.25) is 0 Å². The van der Waals surface area contributed by atoms with Crippen LogP contribution in [0.25, 0.3) is 10.2 Å². The highest BCUT2D eigenvalue weighted by molar-refractivity contribution is 7.21. The van der Waals surface area contributed by atoms with Gasteiger partial charge in [0.05, 0.1) is 28.6 Å². The minimum Gasteiger partial charge on any atom is -0.397 e. The normalized spacial score (nSPS) is 17.7. The lowest BCUT2D eigenvalue weighted by Crippen LogP contribution is -2.23. The van der Waals surface area contributed by atoms with Crippen molar-refractivity contribution in [3.05, 3.63) is 38.8 Å². The van der Waals surface area contributed by atoms with E-state index in [9.17, 15) is 4.79 Å². The van der Waals surface area contributed by atoms with Crippen LogP contribution in [0.15, 0.2) is 17.6 Å². The minimum atomic E-state index is -0.0692. The number of nitrogens with two attached hydrogens (primary N) is 1. The zero-order valence-electron chi connectivity index (χ0n) is 15.7. The zero-order chi connectivity index (χ0) is 19.1. The predicted molar refractivity (Wildman–Crippen MR) is 111 cm³/mol. The van der Waals surface area contributed by atoms with Gasteiger partial charge in [0.2, 0.25) is 0 Å². The Balaban J connectivity index is 1.65. The Morgan fingerprint density at radius 2 is 2.22 bits per heavy atom. The van der Waals surface area contributed by atoms with Gasteiger partial charge in [-0.1, -0.05) is 0 Å². The third-order valence-corrected chi connectivity index (χ3v) is 7.14. The molecule has 6 nitrogen and oxygen atoms in total. The van der Waals surface area contributed by atoms with Crippen molar-refractivity contribution < 1.29 is 4.79 Å². The fraction of sp³-hybridized carbons (Fsp3) is 0.421. The monoisotopic (exact) mass is 401 g/mol. The number of aryl methyl sites for hydroxylation is 1. The molecule has 0 spiro atoms. The van der Waals surface area contributed by atoms with Crippen LogP contribution in [0.1, 0.15) is 44.8 Å². The lowest BCUT2D eigenvalue weighted by atomic mass is 10.1. The van der Waals surface area contributed by atoms with Crippen LogP contribution in [-0.2, 0) is 6.54 Å². The average Bonchev–Trinajstić information content (AvgIpc) is 3.35. The first kappa shape index (κ1) is 18.3. The summed E-state index contributed by atoms with van der Waals surface area (Å²) in [7, 11) is 3.48. The smallest absolute Gasteiger partial charge is 0.265 e. The molecule has 4 heterocycles. The maximum Gasteiger partial charge on any atom is 0.265 e. The summed E-state index contributed by atoms with van der Waals surface area (Å²) in [5.41, 5.74) is 10.9. The van der Waals surface area contributed by atoms with Crippen molar-refractivity contribution >= 4 is 44.5 Å². The third kappa shape index (κ3) is 3.33. The summed E-state index contributed by atoms with van der Waals surface area (Å²) in [5.74, 6) is -0.0692. The van der Waals surface area contributed by atoms with Gasteiger partial charge in [0.25, 0.3) is 5.91 Å². The van der Waals surface area contributed by atoms with Gasteiger partial charge >= 0.3 is 0 Å². The van der Waals surface area contributed by atoms with Crippen LogP contribution >= 0.6 is 22.7 Å². The Morgan fingerprint density at radius 3 is 2.93 bits per heavy atom. The molecule has 4 rings (SSSR count). The highest BCUT2D eigenvalue weighted by atomic mass is 32.1. The van der Waals surface area contributed by atoms with Crippen LogP contribution in [-0.4, -0.2) is 46.3 Å². The van der Waals surface area contributed by atoms with Gasteiger partial charge in [0.15, 0.2) is 0 Å². The molecule has 1 amide bonds. The molecule has 1 saturated heterocycles. The molecule has 1 atom stereocenters. The minimum absolute atomic E-state index is 0.0692. The van der Waals surface area contributed by atoms with Crippen LogP contribution in [0.3, 0.4) is 0 Å². The highest BCUT2D eigenvalue weighted by Gasteiger charge is 2.29. The molecule has 8 heteroatoms. The number of amides is 1. The number of fused-ring (bicyclic) bond motifs is 1. The summed E-state index contributed by atoms with van der Waals surface area (Å²) < 4.78 is 0. The maximum absolute atomic E-state index is 12.4. The second-order valence-corrected chi connectivity index (χ2v) is 9.06. The molecular formula is C19H23N5OS2. The van der Waals surface area contributed by atoms with E-state index in [-0.39, 0.29) is 5.91 Å². The lowest BCUT2D eigenvalue weighted by molar-refractivity contribution is 0.0833. The highest BCUT2D eigenvalue weighted by Crippen LogP contribution is 2.37. The van der Waals surface area contributed by atoms with Crippen molar-refractivity contribution in [1.82, 2.24) is 19.8 Å². The lowest BCUT2D eigenvalue weighted by Gasteiger charge is -2.23. The van der Waals surface area contributed by atoms with Gasteiger partial charge in [-0.3, -0.25) is 9.69 Å². The second kappa shape index (κ2) is 7.18. The number of anilines is 1. The first-order valence-electron chi connectivity index (χ1n) is 8.99. The number of thiophene rings is 1. The average molecular weight is 402 g/mol. The van der Waals surface area contributed by atoms with E-state index >= 15 is 0 Å². The van der Waals surface area contributed by atoms with E-state index in [0.29, 0.717) is 16.6 Å². The predicted octanol–water partition coefficient (Wildman–Crippen LogP) is 3.68. The van der Waals surface area contributed by atoms with Crippen molar-refractivity contribution in [3.63, 3.8) is 0 Å². The van der Waals surface area contributed by atoms with E-state index < -0.39 is 0 Å². The largest absolute Gasteiger partial charge is 0.397 e. The third-order valence-electron chi connectivity index (χ3n) is 5.11. The van der Waals surface area contributed by atoms with Gasteiger partial charge in [-0.15, -0.1) is 22.7 Å². The zero-order valence-corrected chi connectivity index (χ0v) is 17.4. The summed E-state index contributed by atoms with van der Waals surface area (Å²) in [6.45, 7) is 4.05. The fourth-order valence-corrected chi connectivity index (χ4v) is 5.50. The van der Waals surface area contributed by atoms with Crippen LogP contribution in [0.4, 0.5) is 5.69 Å². The van der Waals surface area contributed by atoms with Crippen LogP contribution < -0.4 is 5.73 Å². The number of carbonyl (C=O) groups excluding carboxylic acids is 1. The molecule has 1 aliphatic rings. The van der Waals surface area contributed by atoms with Crippen LogP contribution in [0.5, 0.6) is 0 Å². The van der Waals surface area contributed by atoms with Gasteiger partial charge in [-0.05, 0) is 38.4 Å². The number of nitrogen functional groups attached to an aromatic ring is 1. The number of hydrogen-bond acceptors (Lipinski definition) is 7. The molecule has 2 N–H and O–H groups in total. The molecule has 0 aliphatic carbocycles. The molecule has 3 aromatic heterocycles. The van der Waals surface area contributed by atoms with Crippen molar-refractivity contribution in [2.75, 3.05) is 26.4 Å². The van der Waals surface area contributed by atoms with Gasteiger partial charge in [-0.25, -0.2) is 9.97 Å². The van der Waals surface area contributed by atoms with Crippen molar-refractivity contribution in [2.45, 2.75) is 32.4 Å². The SMILES string of the molecule is Cc1ncsc1CN1CCC[C@@H]1c1ccc2c(N)c(C(=O)N(C)C)sc2n1. The van der Waals surface area contributed by atoms with Crippen LogP contribution in [0, 0.1) is 6.92 Å². The summed E-state index contributed by atoms with van der Waals surface area (Å²) in [5, 5.41) is 0.872. The van der Waals surface area contributed by atoms with E-state index in [1.807, 2.05) is 11.6 Å². The molecule has 0 bridgehead atoms. The molecule has 0 unspecified atom stereocenters.